The zero-order valence-corrected chi connectivity index (χ0v) is 13.1. The predicted octanol–water partition coefficient (Wildman–Crippen LogP) is 3.86. The molecule has 1 N–H and O–H groups in total. The molecule has 0 spiro atoms. The van der Waals surface area contributed by atoms with Crippen molar-refractivity contribution >= 4 is 22.9 Å². The molecule has 1 aromatic carbocycles. The molecule has 0 aliphatic rings. The number of benzene rings is 1. The van der Waals surface area contributed by atoms with Gasteiger partial charge in [-0.25, -0.2) is 4.98 Å². The fourth-order valence-electron chi connectivity index (χ4n) is 2.19. The molecule has 3 aromatic heterocycles. The molecule has 0 amide bonds. The second-order valence-electron chi connectivity index (χ2n) is 4.96. The maximum atomic E-state index is 5.78. The maximum absolute atomic E-state index is 5.78. The van der Waals surface area contributed by atoms with Crippen LogP contribution >= 0.6 is 11.8 Å². The number of aromatic amines is 1. The Labute approximate surface area is 136 Å². The molecular weight excluding hydrogens is 310 g/mol. The minimum absolute atomic E-state index is 0.00906. The van der Waals surface area contributed by atoms with Crippen molar-refractivity contribution in [3.8, 4) is 11.5 Å². The van der Waals surface area contributed by atoms with E-state index in [2.05, 4.69) is 25.1 Å². The van der Waals surface area contributed by atoms with Gasteiger partial charge < -0.3 is 4.42 Å². The number of para-hydroxylation sites is 2. The van der Waals surface area contributed by atoms with Gasteiger partial charge >= 0.3 is 0 Å². The molecule has 1 atom stereocenters. The Kier molecular flexibility index (Phi) is 3.55. The number of hydrogen-bond donors (Lipinski definition) is 1. The maximum Gasteiger partial charge on any atom is 0.209 e. The Bertz CT molecular complexity index is 901. The zero-order chi connectivity index (χ0) is 15.6. The fourth-order valence-corrected chi connectivity index (χ4v) is 2.95. The lowest BCUT2D eigenvalue weighted by atomic mass is 10.3. The lowest BCUT2D eigenvalue weighted by Gasteiger charge is -2.02. The standard InChI is InChI=1S/C16H13N5OS/c1-10(15-18-11-6-2-3-8-13(11)22-15)23-16-19-14(20-21-16)12-7-4-5-9-17-12/h2-10H,1H3,(H,19,20,21). The Morgan fingerprint density at radius 1 is 1.09 bits per heavy atom. The van der Waals surface area contributed by atoms with Gasteiger partial charge in [0.1, 0.15) is 11.2 Å². The third kappa shape index (κ3) is 2.83. The normalized spacial score (nSPS) is 12.6. The first kappa shape index (κ1) is 14.0. The van der Waals surface area contributed by atoms with Crippen LogP contribution in [0.3, 0.4) is 0 Å². The number of thioether (sulfide) groups is 1. The van der Waals surface area contributed by atoms with Gasteiger partial charge in [-0.1, -0.05) is 30.0 Å². The van der Waals surface area contributed by atoms with E-state index in [0.29, 0.717) is 16.9 Å². The van der Waals surface area contributed by atoms with Crippen LogP contribution in [0, 0.1) is 0 Å². The van der Waals surface area contributed by atoms with Crippen LogP contribution in [0.4, 0.5) is 0 Å². The topological polar surface area (TPSA) is 80.5 Å². The molecule has 3 heterocycles. The number of aromatic nitrogens is 5. The summed E-state index contributed by atoms with van der Waals surface area (Å²) in [6.07, 6.45) is 1.73. The van der Waals surface area contributed by atoms with E-state index in [1.807, 2.05) is 49.4 Å². The van der Waals surface area contributed by atoms with Crippen molar-refractivity contribution < 1.29 is 4.42 Å². The largest absolute Gasteiger partial charge is 0.439 e. The van der Waals surface area contributed by atoms with Crippen LogP contribution < -0.4 is 0 Å². The van der Waals surface area contributed by atoms with E-state index < -0.39 is 0 Å². The summed E-state index contributed by atoms with van der Waals surface area (Å²) >= 11 is 1.49. The fraction of sp³-hybridized carbons (Fsp3) is 0.125. The van der Waals surface area contributed by atoms with Gasteiger partial charge in [-0.15, -0.1) is 5.10 Å². The lowest BCUT2D eigenvalue weighted by Crippen LogP contribution is -1.89. The van der Waals surface area contributed by atoms with Crippen LogP contribution in [0.25, 0.3) is 22.6 Å². The minimum Gasteiger partial charge on any atom is -0.439 e. The number of hydrogen-bond acceptors (Lipinski definition) is 6. The predicted molar refractivity (Wildman–Crippen MR) is 87.9 cm³/mol. The van der Waals surface area contributed by atoms with Crippen LogP contribution in [-0.2, 0) is 0 Å². The number of rotatable bonds is 4. The third-order valence-corrected chi connectivity index (χ3v) is 4.26. The number of pyridine rings is 1. The van der Waals surface area contributed by atoms with Crippen molar-refractivity contribution in [2.24, 2.45) is 0 Å². The van der Waals surface area contributed by atoms with Crippen molar-refractivity contribution in [1.29, 1.82) is 0 Å². The van der Waals surface area contributed by atoms with Crippen molar-refractivity contribution in [2.45, 2.75) is 17.3 Å². The third-order valence-electron chi connectivity index (χ3n) is 3.31. The van der Waals surface area contributed by atoms with E-state index in [9.17, 15) is 0 Å². The molecule has 0 bridgehead atoms. The van der Waals surface area contributed by atoms with Crippen molar-refractivity contribution in [1.82, 2.24) is 25.1 Å². The molecule has 1 unspecified atom stereocenters. The van der Waals surface area contributed by atoms with E-state index >= 15 is 0 Å². The molecule has 7 heteroatoms. The molecule has 0 aliphatic heterocycles. The summed E-state index contributed by atoms with van der Waals surface area (Å²) in [5, 5.41) is 7.79. The number of fused-ring (bicyclic) bond motifs is 1. The van der Waals surface area contributed by atoms with Gasteiger partial charge in [0.05, 0.1) is 5.25 Å². The number of nitrogens with zero attached hydrogens (tertiary/aromatic N) is 4. The number of oxazole rings is 1. The Hall–Kier alpha value is -2.67. The first-order valence-corrected chi connectivity index (χ1v) is 8.03. The Morgan fingerprint density at radius 2 is 1.96 bits per heavy atom. The highest BCUT2D eigenvalue weighted by Crippen LogP contribution is 2.34. The van der Waals surface area contributed by atoms with Crippen LogP contribution in [0.2, 0.25) is 0 Å². The summed E-state index contributed by atoms with van der Waals surface area (Å²) in [5.41, 5.74) is 2.42. The van der Waals surface area contributed by atoms with Gasteiger partial charge in [-0.2, -0.15) is 4.98 Å². The summed E-state index contributed by atoms with van der Waals surface area (Å²) in [6.45, 7) is 2.02. The number of H-pyrrole nitrogens is 1. The van der Waals surface area contributed by atoms with E-state index in [-0.39, 0.29) is 5.25 Å². The molecular formula is C16H13N5OS. The number of nitrogens with one attached hydrogen (secondary N) is 1. The first-order chi connectivity index (χ1) is 11.3. The molecule has 0 aliphatic carbocycles. The van der Waals surface area contributed by atoms with Crippen LogP contribution in [-0.4, -0.2) is 25.1 Å². The second kappa shape index (κ2) is 5.85. The molecule has 23 heavy (non-hydrogen) atoms. The summed E-state index contributed by atoms with van der Waals surface area (Å²) in [5.74, 6) is 1.32. The van der Waals surface area contributed by atoms with E-state index in [4.69, 9.17) is 4.42 Å². The molecule has 4 rings (SSSR count). The zero-order valence-electron chi connectivity index (χ0n) is 12.3. The second-order valence-corrected chi connectivity index (χ2v) is 6.27. The van der Waals surface area contributed by atoms with Crippen molar-refractivity contribution in [3.63, 3.8) is 0 Å². The summed E-state index contributed by atoms with van der Waals surface area (Å²) in [4.78, 5) is 13.2. The molecule has 0 saturated heterocycles. The highest BCUT2D eigenvalue weighted by atomic mass is 32.2. The summed E-state index contributed by atoms with van der Waals surface area (Å²) in [7, 11) is 0. The highest BCUT2D eigenvalue weighted by Gasteiger charge is 2.17. The van der Waals surface area contributed by atoms with Crippen molar-refractivity contribution in [2.75, 3.05) is 0 Å². The molecule has 4 aromatic rings. The molecule has 0 saturated carbocycles. The summed E-state index contributed by atoms with van der Waals surface area (Å²) in [6, 6.07) is 13.4. The van der Waals surface area contributed by atoms with Crippen LogP contribution in [0.1, 0.15) is 18.1 Å². The van der Waals surface area contributed by atoms with Crippen molar-refractivity contribution in [3.05, 3.63) is 54.6 Å². The smallest absolute Gasteiger partial charge is 0.209 e. The van der Waals surface area contributed by atoms with Gasteiger partial charge in [0.15, 0.2) is 11.4 Å². The Morgan fingerprint density at radius 3 is 2.78 bits per heavy atom. The average Bonchev–Trinajstić information content (AvgIpc) is 3.22. The van der Waals surface area contributed by atoms with E-state index in [1.54, 1.807) is 6.20 Å². The summed E-state index contributed by atoms with van der Waals surface area (Å²) < 4.78 is 5.78. The molecule has 6 nitrogen and oxygen atoms in total. The van der Waals surface area contributed by atoms with Gasteiger partial charge in [-0.3, -0.25) is 10.1 Å². The molecule has 0 radical (unpaired) electrons. The highest BCUT2D eigenvalue weighted by molar-refractivity contribution is 7.99. The minimum atomic E-state index is 0.00906. The van der Waals surface area contributed by atoms with E-state index in [1.165, 1.54) is 11.8 Å². The Balaban J connectivity index is 1.54. The van der Waals surface area contributed by atoms with Gasteiger partial charge in [0, 0.05) is 6.20 Å². The molecule has 114 valence electrons. The van der Waals surface area contributed by atoms with Gasteiger partial charge in [-0.05, 0) is 31.2 Å². The lowest BCUT2D eigenvalue weighted by molar-refractivity contribution is 0.533. The first-order valence-electron chi connectivity index (χ1n) is 7.15. The van der Waals surface area contributed by atoms with Crippen LogP contribution in [0.15, 0.2) is 58.2 Å². The molecule has 0 fully saturated rings. The monoisotopic (exact) mass is 323 g/mol. The van der Waals surface area contributed by atoms with Gasteiger partial charge in [0.2, 0.25) is 11.0 Å². The average molecular weight is 323 g/mol. The van der Waals surface area contributed by atoms with E-state index in [0.717, 1.165) is 16.8 Å². The SMILES string of the molecule is CC(Sc1n[nH]c(-c2ccccn2)n1)c1nc2ccccc2o1. The quantitative estimate of drug-likeness (QED) is 0.574. The van der Waals surface area contributed by atoms with Crippen LogP contribution in [0.5, 0.6) is 0 Å². The van der Waals surface area contributed by atoms with Gasteiger partial charge in [0.25, 0.3) is 0 Å².